The van der Waals surface area contributed by atoms with Crippen molar-refractivity contribution < 1.29 is 14.3 Å². The summed E-state index contributed by atoms with van der Waals surface area (Å²) in [7, 11) is 0. The summed E-state index contributed by atoms with van der Waals surface area (Å²) in [5, 5.41) is 2.87. The summed E-state index contributed by atoms with van der Waals surface area (Å²) < 4.78 is 5.20. The van der Waals surface area contributed by atoms with Crippen LogP contribution in [-0.2, 0) is 4.79 Å². The van der Waals surface area contributed by atoms with E-state index in [0.717, 1.165) is 16.8 Å². The molecule has 114 valence electrons. The van der Waals surface area contributed by atoms with Gasteiger partial charge in [-0.2, -0.15) is 0 Å². The summed E-state index contributed by atoms with van der Waals surface area (Å²) in [6.45, 7) is 3.68. The van der Waals surface area contributed by atoms with E-state index in [1.54, 1.807) is 24.3 Å². The van der Waals surface area contributed by atoms with Crippen LogP contribution >= 0.6 is 0 Å². The van der Waals surface area contributed by atoms with E-state index in [4.69, 9.17) is 10.5 Å². The zero-order valence-electron chi connectivity index (χ0n) is 12.6. The Hall–Kier alpha value is -2.82. The molecule has 0 bridgehead atoms. The number of nitrogens with two attached hydrogens (primary N) is 1. The van der Waals surface area contributed by atoms with Gasteiger partial charge in [0.2, 0.25) is 0 Å². The number of rotatable bonds is 5. The van der Waals surface area contributed by atoms with Crippen LogP contribution in [0.3, 0.4) is 0 Å². The van der Waals surface area contributed by atoms with Crippen molar-refractivity contribution in [2.45, 2.75) is 13.8 Å². The lowest BCUT2D eigenvalue weighted by molar-refractivity contribution is -0.119. The van der Waals surface area contributed by atoms with Crippen LogP contribution in [0.5, 0.6) is 5.75 Å². The molecule has 0 radical (unpaired) electrons. The molecular weight excluding hydrogens is 280 g/mol. The number of aryl methyl sites for hydroxylation is 2. The van der Waals surface area contributed by atoms with E-state index in [1.165, 1.54) is 0 Å². The molecule has 5 heteroatoms. The number of carbonyl (C=O) groups excluding carboxylic acids is 2. The first kappa shape index (κ1) is 15.6. The first-order valence-electron chi connectivity index (χ1n) is 6.85. The number of benzene rings is 2. The monoisotopic (exact) mass is 298 g/mol. The second-order valence-electron chi connectivity index (χ2n) is 5.06. The number of primary amides is 1. The van der Waals surface area contributed by atoms with Gasteiger partial charge in [-0.15, -0.1) is 0 Å². The standard InChI is InChI=1S/C17H18N2O3/c1-11-6-7-12(2)15(8-11)19-17(21)13-4-3-5-14(9-13)22-10-16(18)20/h3-9H,10H2,1-2H3,(H2,18,20)(H,19,21). The molecule has 0 heterocycles. The van der Waals surface area contributed by atoms with E-state index in [1.807, 2.05) is 32.0 Å². The number of anilines is 1. The van der Waals surface area contributed by atoms with Crippen LogP contribution in [0.25, 0.3) is 0 Å². The summed E-state index contributed by atoms with van der Waals surface area (Å²) in [6.07, 6.45) is 0. The van der Waals surface area contributed by atoms with Crippen LogP contribution in [-0.4, -0.2) is 18.4 Å². The van der Waals surface area contributed by atoms with E-state index >= 15 is 0 Å². The minimum Gasteiger partial charge on any atom is -0.484 e. The zero-order chi connectivity index (χ0) is 16.1. The molecule has 2 aromatic carbocycles. The Morgan fingerprint density at radius 2 is 1.91 bits per heavy atom. The van der Waals surface area contributed by atoms with Gasteiger partial charge < -0.3 is 15.8 Å². The molecule has 5 nitrogen and oxygen atoms in total. The lowest BCUT2D eigenvalue weighted by atomic mass is 10.1. The third kappa shape index (κ3) is 4.09. The second kappa shape index (κ2) is 6.76. The molecule has 0 saturated heterocycles. The maximum absolute atomic E-state index is 12.3. The predicted molar refractivity (Wildman–Crippen MR) is 85.0 cm³/mol. The van der Waals surface area contributed by atoms with Crippen molar-refractivity contribution in [2.75, 3.05) is 11.9 Å². The SMILES string of the molecule is Cc1ccc(C)c(NC(=O)c2cccc(OCC(N)=O)c2)c1. The fourth-order valence-corrected chi connectivity index (χ4v) is 1.95. The van der Waals surface area contributed by atoms with Crippen molar-refractivity contribution in [2.24, 2.45) is 5.73 Å². The summed E-state index contributed by atoms with van der Waals surface area (Å²) in [4.78, 5) is 23.0. The highest BCUT2D eigenvalue weighted by Crippen LogP contribution is 2.19. The van der Waals surface area contributed by atoms with Gasteiger partial charge in [0.1, 0.15) is 5.75 Å². The minimum atomic E-state index is -0.565. The number of hydrogen-bond donors (Lipinski definition) is 2. The molecule has 2 amide bonds. The van der Waals surface area contributed by atoms with Crippen molar-refractivity contribution >= 4 is 17.5 Å². The lowest BCUT2D eigenvalue weighted by Crippen LogP contribution is -2.20. The third-order valence-electron chi connectivity index (χ3n) is 3.12. The van der Waals surface area contributed by atoms with Gasteiger partial charge in [-0.25, -0.2) is 0 Å². The van der Waals surface area contributed by atoms with Gasteiger partial charge in [0.05, 0.1) is 0 Å². The second-order valence-corrected chi connectivity index (χ2v) is 5.06. The Labute approximate surface area is 129 Å². The Kier molecular flexibility index (Phi) is 4.78. The van der Waals surface area contributed by atoms with Crippen molar-refractivity contribution in [1.82, 2.24) is 0 Å². The maximum atomic E-state index is 12.3. The molecule has 3 N–H and O–H groups in total. The smallest absolute Gasteiger partial charge is 0.255 e. The molecular formula is C17H18N2O3. The highest BCUT2D eigenvalue weighted by Gasteiger charge is 2.09. The first-order chi connectivity index (χ1) is 10.5. The van der Waals surface area contributed by atoms with Gasteiger partial charge in [0.15, 0.2) is 6.61 Å². The zero-order valence-corrected chi connectivity index (χ0v) is 12.6. The molecule has 0 aliphatic carbocycles. The number of amides is 2. The van der Waals surface area contributed by atoms with Crippen LogP contribution in [0, 0.1) is 13.8 Å². The molecule has 0 unspecified atom stereocenters. The number of nitrogens with one attached hydrogen (secondary N) is 1. The van der Waals surface area contributed by atoms with Crippen LogP contribution in [0.15, 0.2) is 42.5 Å². The molecule has 0 aliphatic heterocycles. The quantitative estimate of drug-likeness (QED) is 0.889. The molecule has 2 aromatic rings. The predicted octanol–water partition coefficient (Wildman–Crippen LogP) is 2.42. The topological polar surface area (TPSA) is 81.4 Å². The molecule has 0 spiro atoms. The number of carbonyl (C=O) groups is 2. The van der Waals surface area contributed by atoms with Crippen LogP contribution in [0.2, 0.25) is 0 Å². The fraction of sp³-hybridized carbons (Fsp3) is 0.176. The molecule has 22 heavy (non-hydrogen) atoms. The molecule has 0 saturated carbocycles. The van der Waals surface area contributed by atoms with Gasteiger partial charge in [-0.1, -0.05) is 18.2 Å². The number of hydrogen-bond acceptors (Lipinski definition) is 3. The first-order valence-corrected chi connectivity index (χ1v) is 6.85. The highest BCUT2D eigenvalue weighted by atomic mass is 16.5. The molecule has 0 fully saturated rings. The van der Waals surface area contributed by atoms with E-state index < -0.39 is 5.91 Å². The lowest BCUT2D eigenvalue weighted by Gasteiger charge is -2.10. The fourth-order valence-electron chi connectivity index (χ4n) is 1.95. The van der Waals surface area contributed by atoms with Crippen LogP contribution in [0.4, 0.5) is 5.69 Å². The van der Waals surface area contributed by atoms with Crippen molar-refractivity contribution in [3.8, 4) is 5.75 Å². The Balaban J connectivity index is 2.14. The summed E-state index contributed by atoms with van der Waals surface area (Å²) in [5.74, 6) is -0.379. The van der Waals surface area contributed by atoms with Crippen molar-refractivity contribution in [3.05, 3.63) is 59.2 Å². The minimum absolute atomic E-state index is 0.220. The normalized spacial score (nSPS) is 10.1. The van der Waals surface area contributed by atoms with Gasteiger partial charge in [-0.05, 0) is 49.2 Å². The third-order valence-corrected chi connectivity index (χ3v) is 3.12. The number of ether oxygens (including phenoxy) is 1. The van der Waals surface area contributed by atoms with E-state index in [2.05, 4.69) is 5.32 Å². The molecule has 0 aromatic heterocycles. The maximum Gasteiger partial charge on any atom is 0.255 e. The van der Waals surface area contributed by atoms with Crippen LogP contribution in [0.1, 0.15) is 21.5 Å². The van der Waals surface area contributed by atoms with Crippen molar-refractivity contribution in [1.29, 1.82) is 0 Å². The van der Waals surface area contributed by atoms with Gasteiger partial charge in [0.25, 0.3) is 11.8 Å². The van der Waals surface area contributed by atoms with Gasteiger partial charge in [-0.3, -0.25) is 9.59 Å². The molecule has 0 atom stereocenters. The van der Waals surface area contributed by atoms with Crippen LogP contribution < -0.4 is 15.8 Å². The van der Waals surface area contributed by atoms with Gasteiger partial charge in [0, 0.05) is 11.3 Å². The average Bonchev–Trinajstić information content (AvgIpc) is 2.49. The highest BCUT2D eigenvalue weighted by molar-refractivity contribution is 6.04. The Morgan fingerprint density at radius 1 is 1.14 bits per heavy atom. The van der Waals surface area contributed by atoms with Gasteiger partial charge >= 0.3 is 0 Å². The average molecular weight is 298 g/mol. The van der Waals surface area contributed by atoms with E-state index in [-0.39, 0.29) is 12.5 Å². The summed E-state index contributed by atoms with van der Waals surface area (Å²) >= 11 is 0. The largest absolute Gasteiger partial charge is 0.484 e. The van der Waals surface area contributed by atoms with E-state index in [0.29, 0.717) is 11.3 Å². The van der Waals surface area contributed by atoms with E-state index in [9.17, 15) is 9.59 Å². The summed E-state index contributed by atoms with van der Waals surface area (Å²) in [6, 6.07) is 12.5. The Morgan fingerprint density at radius 3 is 2.64 bits per heavy atom. The van der Waals surface area contributed by atoms with Crippen molar-refractivity contribution in [3.63, 3.8) is 0 Å². The Bertz CT molecular complexity index is 711. The summed E-state index contributed by atoms with van der Waals surface area (Å²) in [5.41, 5.74) is 8.30. The molecule has 2 rings (SSSR count). The molecule has 0 aliphatic rings.